The Morgan fingerprint density at radius 3 is 2.40 bits per heavy atom. The summed E-state index contributed by atoms with van der Waals surface area (Å²) < 4.78 is 0. The Hall–Kier alpha value is -5.57. The van der Waals surface area contributed by atoms with Gasteiger partial charge in [-0.15, -0.1) is 0 Å². The standard InChI is InChI=1S/C55H49NS/c1-37-29-32-52-54(38(2)57-53-28-12-9-22-45(37)53)48-24-8-11-27-50(48)55(52)49-26-10-7-23-46(49)47(25-13-15-39-30-31-41-18-5-6-19-42(41)35-39)51(55)33-34-56-44-21-14-20-43(36-44)40-16-3-4-17-40/h3,5-14,16,18-28,30-31,33-37,40,52,54,56H,2,4,15,17,29,32H2,1H3/b25-13-,34-33+. The molecule has 0 saturated heterocycles. The largest absolute Gasteiger partial charge is 0.362 e. The minimum absolute atomic E-state index is 0.214. The third kappa shape index (κ3) is 6.26. The lowest BCUT2D eigenvalue weighted by molar-refractivity contribution is 0.338. The van der Waals surface area contributed by atoms with E-state index in [-0.39, 0.29) is 11.3 Å². The molecule has 1 heterocycles. The highest BCUT2D eigenvalue weighted by molar-refractivity contribution is 8.03. The molecule has 0 aromatic heterocycles. The van der Waals surface area contributed by atoms with Gasteiger partial charge >= 0.3 is 0 Å². The van der Waals surface area contributed by atoms with Gasteiger partial charge in [0.05, 0.1) is 5.41 Å². The van der Waals surface area contributed by atoms with E-state index in [9.17, 15) is 0 Å². The van der Waals surface area contributed by atoms with Crippen LogP contribution in [0.15, 0.2) is 198 Å². The van der Waals surface area contributed by atoms with Crippen molar-refractivity contribution in [1.82, 2.24) is 0 Å². The van der Waals surface area contributed by atoms with Crippen molar-refractivity contribution >= 4 is 33.8 Å². The molecule has 1 spiro atoms. The van der Waals surface area contributed by atoms with Crippen molar-refractivity contribution < 1.29 is 0 Å². The zero-order chi connectivity index (χ0) is 38.3. The van der Waals surface area contributed by atoms with Crippen LogP contribution in [0.2, 0.25) is 0 Å². The molecule has 3 aliphatic carbocycles. The van der Waals surface area contributed by atoms with Gasteiger partial charge in [0.2, 0.25) is 0 Å². The van der Waals surface area contributed by atoms with Crippen LogP contribution in [0, 0.1) is 5.92 Å². The van der Waals surface area contributed by atoms with Gasteiger partial charge in [0.1, 0.15) is 0 Å². The minimum Gasteiger partial charge on any atom is -0.362 e. The van der Waals surface area contributed by atoms with Crippen molar-refractivity contribution in [1.29, 1.82) is 0 Å². The molecule has 1 nitrogen and oxygen atoms in total. The van der Waals surface area contributed by atoms with E-state index in [0.717, 1.165) is 31.4 Å². The van der Waals surface area contributed by atoms with Gasteiger partial charge in [-0.2, -0.15) is 0 Å². The first-order valence-electron chi connectivity index (χ1n) is 20.8. The molecule has 6 aromatic rings. The van der Waals surface area contributed by atoms with E-state index in [4.69, 9.17) is 6.58 Å². The summed E-state index contributed by atoms with van der Waals surface area (Å²) in [5.74, 6) is 1.47. The molecule has 5 atom stereocenters. The lowest BCUT2D eigenvalue weighted by Gasteiger charge is -2.39. The van der Waals surface area contributed by atoms with Crippen molar-refractivity contribution in [3.8, 4) is 0 Å². The van der Waals surface area contributed by atoms with Crippen molar-refractivity contribution in [2.75, 3.05) is 5.32 Å². The number of benzene rings is 6. The van der Waals surface area contributed by atoms with Crippen LogP contribution in [0.25, 0.3) is 16.3 Å². The Morgan fingerprint density at radius 2 is 1.53 bits per heavy atom. The molecule has 0 amide bonds. The zero-order valence-electron chi connectivity index (χ0n) is 32.7. The zero-order valence-corrected chi connectivity index (χ0v) is 33.5. The van der Waals surface area contributed by atoms with Gasteiger partial charge < -0.3 is 5.32 Å². The van der Waals surface area contributed by atoms with Gasteiger partial charge in [0.15, 0.2) is 0 Å². The van der Waals surface area contributed by atoms with Crippen LogP contribution in [0.4, 0.5) is 5.69 Å². The molecule has 1 N–H and O–H groups in total. The third-order valence-electron chi connectivity index (χ3n) is 13.3. The number of anilines is 1. The average molecular weight is 756 g/mol. The van der Waals surface area contributed by atoms with E-state index in [1.54, 1.807) is 0 Å². The second-order valence-corrected chi connectivity index (χ2v) is 17.6. The van der Waals surface area contributed by atoms with Gasteiger partial charge in [-0.25, -0.2) is 0 Å². The van der Waals surface area contributed by atoms with E-state index in [1.165, 1.54) is 77.1 Å². The first-order chi connectivity index (χ1) is 28.1. The predicted molar refractivity (Wildman–Crippen MR) is 243 cm³/mol. The summed E-state index contributed by atoms with van der Waals surface area (Å²) in [4.78, 5) is 2.61. The Balaban J connectivity index is 1.12. The number of thioether (sulfide) groups is 1. The molecular formula is C55H49NS. The van der Waals surface area contributed by atoms with E-state index >= 15 is 0 Å². The van der Waals surface area contributed by atoms with Crippen LogP contribution in [0.5, 0.6) is 0 Å². The summed E-state index contributed by atoms with van der Waals surface area (Å²) in [6.45, 7) is 7.35. The smallest absolute Gasteiger partial charge is 0.0504 e. The fraction of sp³-hybridized carbons (Fsp3) is 0.200. The van der Waals surface area contributed by atoms with Gasteiger partial charge in [-0.05, 0) is 134 Å². The maximum Gasteiger partial charge on any atom is 0.0504 e. The van der Waals surface area contributed by atoms with E-state index in [0.29, 0.717) is 17.8 Å². The highest BCUT2D eigenvalue weighted by Crippen LogP contribution is 2.67. The van der Waals surface area contributed by atoms with Crippen molar-refractivity contribution in [3.05, 3.63) is 232 Å². The van der Waals surface area contributed by atoms with Gasteiger partial charge in [0, 0.05) is 28.6 Å². The molecule has 0 fully saturated rings. The normalized spacial score (nSPS) is 23.8. The topological polar surface area (TPSA) is 12.0 Å². The number of allylic oxidation sites excluding steroid dienone is 8. The number of hydrogen-bond acceptors (Lipinski definition) is 2. The summed E-state index contributed by atoms with van der Waals surface area (Å²) in [6, 6.07) is 52.2. The molecule has 1 aliphatic heterocycles. The molecule has 280 valence electrons. The number of rotatable bonds is 7. The van der Waals surface area contributed by atoms with Gasteiger partial charge in [-0.1, -0.05) is 171 Å². The fourth-order valence-electron chi connectivity index (χ4n) is 10.7. The number of fused-ring (bicyclic) bond motifs is 9. The summed E-state index contributed by atoms with van der Waals surface area (Å²) in [5, 5.41) is 6.33. The summed E-state index contributed by atoms with van der Waals surface area (Å²) >= 11 is 1.91. The van der Waals surface area contributed by atoms with Crippen molar-refractivity contribution in [3.63, 3.8) is 0 Å². The Labute approximate surface area is 342 Å². The number of hydrogen-bond donors (Lipinski definition) is 1. The van der Waals surface area contributed by atoms with E-state index in [1.807, 2.05) is 11.8 Å². The fourth-order valence-corrected chi connectivity index (χ4v) is 11.9. The predicted octanol–water partition coefficient (Wildman–Crippen LogP) is 14.7. The van der Waals surface area contributed by atoms with Gasteiger partial charge in [-0.3, -0.25) is 0 Å². The minimum atomic E-state index is -0.338. The second kappa shape index (κ2) is 15.1. The van der Waals surface area contributed by atoms with Crippen LogP contribution in [0.1, 0.15) is 89.3 Å². The molecular weight excluding hydrogens is 707 g/mol. The first kappa shape index (κ1) is 35.8. The van der Waals surface area contributed by atoms with Crippen molar-refractivity contribution in [2.45, 2.75) is 67.1 Å². The summed E-state index contributed by atoms with van der Waals surface area (Å²) in [7, 11) is 0. The van der Waals surface area contributed by atoms with E-state index in [2.05, 4.69) is 188 Å². The Bertz CT molecular complexity index is 2640. The lowest BCUT2D eigenvalue weighted by Crippen LogP contribution is -2.35. The molecule has 6 aromatic carbocycles. The first-order valence-corrected chi connectivity index (χ1v) is 21.6. The molecule has 2 heteroatoms. The quantitative estimate of drug-likeness (QED) is 0.163. The molecule has 0 saturated carbocycles. The Morgan fingerprint density at radius 1 is 0.737 bits per heavy atom. The number of nitrogens with one attached hydrogen (secondary N) is 1. The Kier molecular flexibility index (Phi) is 9.47. The highest BCUT2D eigenvalue weighted by Gasteiger charge is 2.58. The maximum absolute atomic E-state index is 4.92. The molecule has 4 aliphatic rings. The highest BCUT2D eigenvalue weighted by atomic mass is 32.2. The SMILES string of the molecule is C=C1Sc2ccccc2C(C)CCC2C1c1ccccc1C21C(/C=C/Nc2cccc(C3C=CCC3)c2)=C(/C=C\Cc2ccc3ccccc3c2)c2ccccc21. The maximum atomic E-state index is 4.92. The average Bonchev–Trinajstić information content (AvgIpc) is 3.96. The van der Waals surface area contributed by atoms with E-state index < -0.39 is 0 Å². The van der Waals surface area contributed by atoms with Gasteiger partial charge in [0.25, 0.3) is 0 Å². The molecule has 5 unspecified atom stereocenters. The summed E-state index contributed by atoms with van der Waals surface area (Å²) in [6.07, 6.45) is 19.6. The van der Waals surface area contributed by atoms with Crippen molar-refractivity contribution in [2.24, 2.45) is 5.92 Å². The second-order valence-electron chi connectivity index (χ2n) is 16.4. The molecule has 10 rings (SSSR count). The molecule has 57 heavy (non-hydrogen) atoms. The monoisotopic (exact) mass is 755 g/mol. The molecule has 0 bridgehead atoms. The van der Waals surface area contributed by atoms with Crippen LogP contribution in [0.3, 0.4) is 0 Å². The van der Waals surface area contributed by atoms with Crippen LogP contribution < -0.4 is 5.32 Å². The third-order valence-corrected chi connectivity index (χ3v) is 14.4. The molecule has 0 radical (unpaired) electrons. The van der Waals surface area contributed by atoms with Crippen LogP contribution in [-0.4, -0.2) is 0 Å². The summed E-state index contributed by atoms with van der Waals surface area (Å²) in [5.41, 5.74) is 13.3. The van der Waals surface area contributed by atoms with Crippen LogP contribution >= 0.6 is 11.8 Å². The van der Waals surface area contributed by atoms with Crippen LogP contribution in [-0.2, 0) is 11.8 Å². The lowest BCUT2D eigenvalue weighted by atomic mass is 9.63.